The summed E-state index contributed by atoms with van der Waals surface area (Å²) in [5.41, 5.74) is 0. The van der Waals surface area contributed by atoms with E-state index in [2.05, 4.69) is 53.3 Å². The minimum absolute atomic E-state index is 0.293. The van der Waals surface area contributed by atoms with Gasteiger partial charge in [0.2, 0.25) is 0 Å². The van der Waals surface area contributed by atoms with Gasteiger partial charge in [0.25, 0.3) is 0 Å². The number of halogens is 1. The molecule has 0 fully saturated rings. The van der Waals surface area contributed by atoms with Crippen LogP contribution in [0, 0.1) is 0 Å². The molecule has 0 bridgehead atoms. The van der Waals surface area contributed by atoms with Crippen molar-refractivity contribution in [3.63, 3.8) is 0 Å². The molecular formula is C13H20BrNOS. The first-order valence-electron chi connectivity index (χ1n) is 5.79. The van der Waals surface area contributed by atoms with E-state index in [1.165, 1.54) is 4.90 Å². The van der Waals surface area contributed by atoms with Crippen molar-refractivity contribution in [2.45, 2.75) is 30.9 Å². The molecule has 1 rings (SSSR count). The van der Waals surface area contributed by atoms with Gasteiger partial charge in [0.05, 0.1) is 12.7 Å². The van der Waals surface area contributed by atoms with Crippen LogP contribution in [-0.4, -0.2) is 31.6 Å². The Balaban J connectivity index is 2.37. The molecule has 1 N–H and O–H groups in total. The Morgan fingerprint density at radius 1 is 1.41 bits per heavy atom. The number of rotatable bonds is 7. The van der Waals surface area contributed by atoms with E-state index in [9.17, 15) is 0 Å². The monoisotopic (exact) mass is 317 g/mol. The minimum Gasteiger partial charge on any atom is -0.377 e. The highest BCUT2D eigenvalue weighted by Crippen LogP contribution is 2.22. The number of likely N-dealkylation sites (N-methyl/N-ethyl adjacent to an activating group) is 1. The van der Waals surface area contributed by atoms with Crippen molar-refractivity contribution in [2.75, 3.05) is 19.4 Å². The third-order valence-electron chi connectivity index (χ3n) is 2.29. The molecule has 0 heterocycles. The van der Waals surface area contributed by atoms with E-state index in [0.717, 1.165) is 16.8 Å². The predicted molar refractivity (Wildman–Crippen MR) is 78.8 cm³/mol. The van der Waals surface area contributed by atoms with E-state index in [1.54, 1.807) is 0 Å². The van der Waals surface area contributed by atoms with Crippen LogP contribution in [0.25, 0.3) is 0 Å². The minimum atomic E-state index is 0.293. The van der Waals surface area contributed by atoms with Crippen molar-refractivity contribution in [3.8, 4) is 0 Å². The predicted octanol–water partition coefficient (Wildman–Crippen LogP) is 3.55. The third kappa shape index (κ3) is 6.46. The van der Waals surface area contributed by atoms with Gasteiger partial charge >= 0.3 is 0 Å². The Kier molecular flexibility index (Phi) is 7.19. The summed E-state index contributed by atoms with van der Waals surface area (Å²) >= 11 is 5.33. The van der Waals surface area contributed by atoms with Gasteiger partial charge in [-0.1, -0.05) is 22.0 Å². The summed E-state index contributed by atoms with van der Waals surface area (Å²) in [6.45, 7) is 4.89. The van der Waals surface area contributed by atoms with Crippen LogP contribution in [0.3, 0.4) is 0 Å². The molecule has 1 aromatic rings. The molecule has 0 radical (unpaired) electrons. The van der Waals surface area contributed by atoms with Crippen molar-refractivity contribution in [1.29, 1.82) is 0 Å². The summed E-state index contributed by atoms with van der Waals surface area (Å²) in [5, 5.41) is 3.28. The molecule has 17 heavy (non-hydrogen) atoms. The largest absolute Gasteiger partial charge is 0.377 e. The quantitative estimate of drug-likeness (QED) is 0.777. The number of ether oxygens (including phenoxy) is 1. The van der Waals surface area contributed by atoms with E-state index in [4.69, 9.17) is 4.74 Å². The highest BCUT2D eigenvalue weighted by molar-refractivity contribution is 9.10. The normalized spacial score (nSPS) is 13.0. The maximum atomic E-state index is 5.62. The molecule has 1 unspecified atom stereocenters. The summed E-state index contributed by atoms with van der Waals surface area (Å²) < 4.78 is 6.75. The fourth-order valence-corrected chi connectivity index (χ4v) is 2.87. The molecule has 0 spiro atoms. The van der Waals surface area contributed by atoms with Crippen LogP contribution in [0.1, 0.15) is 13.8 Å². The van der Waals surface area contributed by atoms with E-state index >= 15 is 0 Å². The van der Waals surface area contributed by atoms with Crippen molar-refractivity contribution >= 4 is 27.7 Å². The van der Waals surface area contributed by atoms with Gasteiger partial charge in [-0.25, -0.2) is 0 Å². The summed E-state index contributed by atoms with van der Waals surface area (Å²) in [4.78, 5) is 1.28. The summed E-state index contributed by atoms with van der Waals surface area (Å²) in [6, 6.07) is 8.76. The fraction of sp³-hybridized carbons (Fsp3) is 0.538. The summed E-state index contributed by atoms with van der Waals surface area (Å²) in [5.74, 6) is 1.01. The number of nitrogens with one attached hydrogen (secondary N) is 1. The lowest BCUT2D eigenvalue weighted by Gasteiger charge is -2.17. The maximum Gasteiger partial charge on any atom is 0.0631 e. The van der Waals surface area contributed by atoms with E-state index in [-0.39, 0.29) is 0 Å². The Morgan fingerprint density at radius 3 is 2.76 bits per heavy atom. The van der Waals surface area contributed by atoms with E-state index < -0.39 is 0 Å². The molecule has 0 aliphatic heterocycles. The van der Waals surface area contributed by atoms with Crippen molar-refractivity contribution in [2.24, 2.45) is 0 Å². The Labute approximate surface area is 117 Å². The van der Waals surface area contributed by atoms with Crippen LogP contribution in [0.15, 0.2) is 33.6 Å². The summed E-state index contributed by atoms with van der Waals surface area (Å²) in [6.07, 6.45) is 0.293. The topological polar surface area (TPSA) is 21.3 Å². The first-order valence-corrected chi connectivity index (χ1v) is 7.57. The first-order chi connectivity index (χ1) is 8.11. The first kappa shape index (κ1) is 15.0. The Hall–Kier alpha value is -0.0300. The zero-order chi connectivity index (χ0) is 12.7. The molecule has 96 valence electrons. The van der Waals surface area contributed by atoms with Gasteiger partial charge in [0, 0.05) is 21.2 Å². The number of benzene rings is 1. The van der Waals surface area contributed by atoms with Crippen LogP contribution in [0.2, 0.25) is 0 Å². The van der Waals surface area contributed by atoms with Crippen LogP contribution in [0.4, 0.5) is 0 Å². The average Bonchev–Trinajstić information content (AvgIpc) is 2.29. The Bertz CT molecular complexity index is 333. The zero-order valence-corrected chi connectivity index (χ0v) is 13.0. The van der Waals surface area contributed by atoms with Gasteiger partial charge in [-0.15, -0.1) is 11.8 Å². The second-order valence-corrected chi connectivity index (χ2v) is 6.15. The van der Waals surface area contributed by atoms with Gasteiger partial charge in [-0.2, -0.15) is 0 Å². The molecule has 0 aliphatic carbocycles. The highest BCUT2D eigenvalue weighted by atomic mass is 79.9. The van der Waals surface area contributed by atoms with Gasteiger partial charge in [0.1, 0.15) is 0 Å². The summed E-state index contributed by atoms with van der Waals surface area (Å²) in [7, 11) is 1.98. The van der Waals surface area contributed by atoms with Crippen molar-refractivity contribution in [3.05, 3.63) is 28.7 Å². The second-order valence-electron chi connectivity index (χ2n) is 4.14. The standard InChI is InChI=1S/C13H20BrNOS/c1-10(2)16-8-12(15-3)9-17-13-6-4-5-11(14)7-13/h4-7,10,12,15H,8-9H2,1-3H3. The van der Waals surface area contributed by atoms with Crippen molar-refractivity contribution in [1.82, 2.24) is 5.32 Å². The molecule has 0 amide bonds. The van der Waals surface area contributed by atoms with Gasteiger partial charge in [-0.3, -0.25) is 0 Å². The van der Waals surface area contributed by atoms with Crippen LogP contribution in [0.5, 0.6) is 0 Å². The molecule has 1 atom stereocenters. The van der Waals surface area contributed by atoms with Crippen LogP contribution in [-0.2, 0) is 4.74 Å². The van der Waals surface area contributed by atoms with E-state index in [1.807, 2.05) is 24.9 Å². The van der Waals surface area contributed by atoms with Gasteiger partial charge in [-0.05, 0) is 39.1 Å². The molecule has 4 heteroatoms. The SMILES string of the molecule is CNC(COC(C)C)CSc1cccc(Br)c1. The second kappa shape index (κ2) is 8.14. The zero-order valence-electron chi connectivity index (χ0n) is 10.6. The number of hydrogen-bond acceptors (Lipinski definition) is 3. The van der Waals surface area contributed by atoms with Gasteiger partial charge < -0.3 is 10.1 Å². The third-order valence-corrected chi connectivity index (χ3v) is 3.94. The molecular weight excluding hydrogens is 298 g/mol. The molecule has 2 nitrogen and oxygen atoms in total. The smallest absolute Gasteiger partial charge is 0.0631 e. The molecule has 0 aromatic heterocycles. The van der Waals surface area contributed by atoms with Crippen molar-refractivity contribution < 1.29 is 4.74 Å². The van der Waals surface area contributed by atoms with Crippen LogP contribution >= 0.6 is 27.7 Å². The van der Waals surface area contributed by atoms with E-state index in [0.29, 0.717) is 12.1 Å². The lowest BCUT2D eigenvalue weighted by Crippen LogP contribution is -2.33. The van der Waals surface area contributed by atoms with Crippen LogP contribution < -0.4 is 5.32 Å². The molecule has 0 saturated carbocycles. The fourth-order valence-electron chi connectivity index (χ4n) is 1.28. The molecule has 1 aromatic carbocycles. The molecule has 0 saturated heterocycles. The lowest BCUT2D eigenvalue weighted by molar-refractivity contribution is 0.0668. The maximum absolute atomic E-state index is 5.62. The number of hydrogen-bond donors (Lipinski definition) is 1. The number of thioether (sulfide) groups is 1. The van der Waals surface area contributed by atoms with Gasteiger partial charge in [0.15, 0.2) is 0 Å². The Morgan fingerprint density at radius 2 is 2.18 bits per heavy atom. The average molecular weight is 318 g/mol. The molecule has 0 aliphatic rings. The lowest BCUT2D eigenvalue weighted by atomic mass is 10.3. The highest BCUT2D eigenvalue weighted by Gasteiger charge is 2.08.